The van der Waals surface area contributed by atoms with Crippen molar-refractivity contribution in [2.75, 3.05) is 13.2 Å². The molecule has 0 bridgehead atoms. The topological polar surface area (TPSA) is 35.2 Å². The Labute approximate surface area is 96.4 Å². The lowest BCUT2D eigenvalue weighted by atomic mass is 10.1. The molecule has 0 saturated heterocycles. The highest BCUT2D eigenvalue weighted by molar-refractivity contribution is 6.31. The van der Waals surface area contributed by atoms with Gasteiger partial charge in [0, 0.05) is 23.7 Å². The molecule has 1 unspecified atom stereocenters. The lowest BCUT2D eigenvalue weighted by Crippen LogP contribution is -2.16. The molecule has 1 rings (SSSR count). The predicted molar refractivity (Wildman–Crippen MR) is 64.1 cm³/mol. The molecule has 0 spiro atoms. The average Bonchev–Trinajstić information content (AvgIpc) is 2.26. The van der Waals surface area contributed by atoms with Crippen molar-refractivity contribution < 1.29 is 4.74 Å². The van der Waals surface area contributed by atoms with Crippen molar-refractivity contribution in [1.29, 1.82) is 0 Å². The number of nitrogens with two attached hydrogens (primary N) is 1. The predicted octanol–water partition coefficient (Wildman–Crippen LogP) is 3.16. The third-order valence-electron chi connectivity index (χ3n) is 2.28. The molecule has 1 atom stereocenters. The van der Waals surface area contributed by atoms with Gasteiger partial charge >= 0.3 is 0 Å². The van der Waals surface area contributed by atoms with Gasteiger partial charge in [-0.2, -0.15) is 0 Å². The van der Waals surface area contributed by atoms with Crippen LogP contribution in [-0.4, -0.2) is 13.2 Å². The van der Waals surface area contributed by atoms with Crippen LogP contribution in [0.25, 0.3) is 0 Å². The Balaban J connectivity index is 2.61. The number of unbranched alkanes of at least 4 members (excludes halogenated alkanes) is 1. The smallest absolute Gasteiger partial charge is 0.0961 e. The maximum absolute atomic E-state index is 6.07. The second kappa shape index (κ2) is 6.83. The van der Waals surface area contributed by atoms with E-state index in [-0.39, 0.29) is 6.10 Å². The molecule has 0 aliphatic heterocycles. The van der Waals surface area contributed by atoms with Gasteiger partial charge in [-0.3, -0.25) is 0 Å². The molecular weight excluding hydrogens is 210 g/mol. The summed E-state index contributed by atoms with van der Waals surface area (Å²) in [6.07, 6.45) is 2.10. The highest BCUT2D eigenvalue weighted by atomic mass is 35.5. The first-order valence-corrected chi connectivity index (χ1v) is 5.73. The van der Waals surface area contributed by atoms with Gasteiger partial charge in [-0.05, 0) is 12.5 Å². The van der Waals surface area contributed by atoms with E-state index in [9.17, 15) is 0 Å². The van der Waals surface area contributed by atoms with E-state index in [1.165, 1.54) is 0 Å². The van der Waals surface area contributed by atoms with E-state index in [0.717, 1.165) is 30.0 Å². The molecule has 0 radical (unpaired) electrons. The fourth-order valence-electron chi connectivity index (χ4n) is 1.39. The highest BCUT2D eigenvalue weighted by Gasteiger charge is 2.12. The van der Waals surface area contributed by atoms with E-state index in [2.05, 4.69) is 6.92 Å². The number of hydrogen-bond donors (Lipinski definition) is 1. The Kier molecular flexibility index (Phi) is 5.69. The molecule has 2 N–H and O–H groups in total. The van der Waals surface area contributed by atoms with E-state index >= 15 is 0 Å². The van der Waals surface area contributed by atoms with E-state index in [4.69, 9.17) is 22.1 Å². The second-order valence-corrected chi connectivity index (χ2v) is 3.88. The first-order chi connectivity index (χ1) is 7.29. The molecule has 0 aromatic heterocycles. The Hall–Kier alpha value is -0.570. The Morgan fingerprint density at radius 1 is 1.40 bits per heavy atom. The summed E-state index contributed by atoms with van der Waals surface area (Å²) in [7, 11) is 0. The van der Waals surface area contributed by atoms with Gasteiger partial charge in [0.1, 0.15) is 0 Å². The normalized spacial score (nSPS) is 12.7. The minimum absolute atomic E-state index is 0.0785. The van der Waals surface area contributed by atoms with Gasteiger partial charge in [0.2, 0.25) is 0 Å². The zero-order valence-electron chi connectivity index (χ0n) is 9.08. The zero-order valence-corrected chi connectivity index (χ0v) is 9.83. The SMILES string of the molecule is CCCCOC(CN)c1ccccc1Cl. The van der Waals surface area contributed by atoms with Gasteiger partial charge in [0.15, 0.2) is 0 Å². The molecule has 2 nitrogen and oxygen atoms in total. The maximum atomic E-state index is 6.07. The fourth-order valence-corrected chi connectivity index (χ4v) is 1.65. The summed E-state index contributed by atoms with van der Waals surface area (Å²) < 4.78 is 5.69. The summed E-state index contributed by atoms with van der Waals surface area (Å²) in [4.78, 5) is 0. The number of hydrogen-bond acceptors (Lipinski definition) is 2. The summed E-state index contributed by atoms with van der Waals surface area (Å²) >= 11 is 6.07. The van der Waals surface area contributed by atoms with Crippen LogP contribution >= 0.6 is 11.6 Å². The van der Waals surface area contributed by atoms with E-state index in [1.807, 2.05) is 24.3 Å². The molecule has 3 heteroatoms. The standard InChI is InChI=1S/C12H18ClNO/c1-2-3-8-15-12(9-14)10-6-4-5-7-11(10)13/h4-7,12H,2-3,8-9,14H2,1H3. The van der Waals surface area contributed by atoms with Gasteiger partial charge in [0.25, 0.3) is 0 Å². The molecule has 1 aromatic carbocycles. The van der Waals surface area contributed by atoms with Crippen molar-refractivity contribution in [2.45, 2.75) is 25.9 Å². The largest absolute Gasteiger partial charge is 0.372 e. The van der Waals surface area contributed by atoms with Crippen LogP contribution in [0.4, 0.5) is 0 Å². The molecule has 0 amide bonds. The van der Waals surface area contributed by atoms with Gasteiger partial charge in [-0.15, -0.1) is 0 Å². The van der Waals surface area contributed by atoms with Crippen LogP contribution in [0.15, 0.2) is 24.3 Å². The highest BCUT2D eigenvalue weighted by Crippen LogP contribution is 2.24. The number of halogens is 1. The Morgan fingerprint density at radius 3 is 2.73 bits per heavy atom. The van der Waals surface area contributed by atoms with Gasteiger partial charge in [-0.25, -0.2) is 0 Å². The molecule has 0 heterocycles. The molecule has 0 fully saturated rings. The quantitative estimate of drug-likeness (QED) is 0.758. The third-order valence-corrected chi connectivity index (χ3v) is 2.63. The molecule has 0 saturated carbocycles. The van der Waals surface area contributed by atoms with Gasteiger partial charge in [-0.1, -0.05) is 43.1 Å². The minimum Gasteiger partial charge on any atom is -0.372 e. The Bertz CT molecular complexity index is 291. The molecule has 15 heavy (non-hydrogen) atoms. The van der Waals surface area contributed by atoms with Gasteiger partial charge in [0.05, 0.1) is 6.10 Å². The molecule has 0 aliphatic carbocycles. The maximum Gasteiger partial charge on any atom is 0.0961 e. The molecule has 1 aromatic rings. The van der Waals surface area contributed by atoms with Crippen LogP contribution in [-0.2, 0) is 4.74 Å². The summed E-state index contributed by atoms with van der Waals surface area (Å²) in [5.41, 5.74) is 6.66. The van der Waals surface area contributed by atoms with Crippen LogP contribution in [0.1, 0.15) is 31.4 Å². The van der Waals surface area contributed by atoms with Crippen LogP contribution in [0.5, 0.6) is 0 Å². The van der Waals surface area contributed by atoms with Crippen molar-refractivity contribution in [3.63, 3.8) is 0 Å². The van der Waals surface area contributed by atoms with E-state index in [0.29, 0.717) is 6.54 Å². The van der Waals surface area contributed by atoms with Crippen LogP contribution in [0.2, 0.25) is 5.02 Å². The summed E-state index contributed by atoms with van der Waals surface area (Å²) in [5.74, 6) is 0. The van der Waals surface area contributed by atoms with Crippen molar-refractivity contribution >= 4 is 11.6 Å². The van der Waals surface area contributed by atoms with Crippen molar-refractivity contribution in [2.24, 2.45) is 5.73 Å². The van der Waals surface area contributed by atoms with E-state index in [1.54, 1.807) is 0 Å². The third kappa shape index (κ3) is 3.82. The fraction of sp³-hybridized carbons (Fsp3) is 0.500. The van der Waals surface area contributed by atoms with Crippen molar-refractivity contribution in [3.8, 4) is 0 Å². The number of benzene rings is 1. The van der Waals surface area contributed by atoms with Crippen molar-refractivity contribution in [3.05, 3.63) is 34.9 Å². The minimum atomic E-state index is -0.0785. The number of rotatable bonds is 6. The van der Waals surface area contributed by atoms with E-state index < -0.39 is 0 Å². The van der Waals surface area contributed by atoms with Crippen LogP contribution in [0.3, 0.4) is 0 Å². The summed E-state index contributed by atoms with van der Waals surface area (Å²) in [6, 6.07) is 7.69. The lowest BCUT2D eigenvalue weighted by molar-refractivity contribution is 0.0567. The van der Waals surface area contributed by atoms with Crippen LogP contribution in [0, 0.1) is 0 Å². The lowest BCUT2D eigenvalue weighted by Gasteiger charge is -2.17. The molecule has 0 aliphatic rings. The Morgan fingerprint density at radius 2 is 2.13 bits per heavy atom. The first kappa shape index (κ1) is 12.5. The van der Waals surface area contributed by atoms with Crippen LogP contribution < -0.4 is 5.73 Å². The zero-order chi connectivity index (χ0) is 11.1. The first-order valence-electron chi connectivity index (χ1n) is 5.35. The summed E-state index contributed by atoms with van der Waals surface area (Å²) in [6.45, 7) is 3.34. The average molecular weight is 228 g/mol. The van der Waals surface area contributed by atoms with Crippen molar-refractivity contribution in [1.82, 2.24) is 0 Å². The number of ether oxygens (including phenoxy) is 1. The molecular formula is C12H18ClNO. The molecule has 84 valence electrons. The summed E-state index contributed by atoms with van der Waals surface area (Å²) in [5, 5.41) is 0.726. The van der Waals surface area contributed by atoms with Gasteiger partial charge < -0.3 is 10.5 Å². The monoisotopic (exact) mass is 227 g/mol. The second-order valence-electron chi connectivity index (χ2n) is 3.47.